The molecule has 1 N–H and O–H groups in total. The summed E-state index contributed by atoms with van der Waals surface area (Å²) in [6.45, 7) is 14.3. The minimum Gasteiger partial charge on any atom is -0.444 e. The number of nitrogens with one attached hydrogen (secondary N) is 1. The highest BCUT2D eigenvalue weighted by Gasteiger charge is 2.26. The normalized spacial score (nSPS) is 12.5. The van der Waals surface area contributed by atoms with Crippen LogP contribution in [0.1, 0.15) is 63.4 Å². The zero-order valence-electron chi connectivity index (χ0n) is 14.7. The average Bonchev–Trinajstić information content (AvgIpc) is 2.91. The van der Waals surface area contributed by atoms with Crippen LogP contribution in [0.4, 0.5) is 5.82 Å². The first-order valence-corrected chi connectivity index (χ1v) is 8.37. The van der Waals surface area contributed by atoms with Gasteiger partial charge >= 0.3 is 0 Å². The fraction of sp³-hybridized carbons (Fsp3) is 0.529. The van der Waals surface area contributed by atoms with Crippen LogP contribution in [0.15, 0.2) is 21.2 Å². The van der Waals surface area contributed by atoms with E-state index in [1.54, 1.807) is 6.07 Å². The van der Waals surface area contributed by atoms with Crippen molar-refractivity contribution < 1.29 is 9.21 Å². The summed E-state index contributed by atoms with van der Waals surface area (Å²) < 4.78 is 7.81. The molecule has 0 aromatic carbocycles. The third kappa shape index (κ3) is 3.86. The highest BCUT2D eigenvalue weighted by atomic mass is 79.9. The number of hydrogen-bond donors (Lipinski definition) is 1. The molecule has 0 spiro atoms. The highest BCUT2D eigenvalue weighted by molar-refractivity contribution is 9.10. The summed E-state index contributed by atoms with van der Waals surface area (Å²) in [7, 11) is 0. The lowest BCUT2D eigenvalue weighted by Gasteiger charge is -2.22. The Hall–Kier alpha value is -1.56. The molecule has 0 radical (unpaired) electrons. The molecule has 23 heavy (non-hydrogen) atoms. The second-order valence-corrected chi connectivity index (χ2v) is 8.55. The molecule has 0 fully saturated rings. The van der Waals surface area contributed by atoms with Gasteiger partial charge in [-0.05, 0) is 49.7 Å². The maximum atomic E-state index is 12.5. The van der Waals surface area contributed by atoms with Gasteiger partial charge in [0.15, 0.2) is 10.4 Å². The van der Waals surface area contributed by atoms with Crippen molar-refractivity contribution in [1.82, 2.24) is 9.78 Å². The molecule has 126 valence electrons. The molecule has 1 amide bonds. The van der Waals surface area contributed by atoms with Gasteiger partial charge in [0.25, 0.3) is 5.91 Å². The van der Waals surface area contributed by atoms with Crippen molar-refractivity contribution in [3.05, 3.63) is 33.8 Å². The van der Waals surface area contributed by atoms with Crippen molar-refractivity contribution >= 4 is 27.7 Å². The molecule has 2 heterocycles. The number of nitrogens with zero attached hydrogens (tertiary/aromatic N) is 2. The lowest BCUT2D eigenvalue weighted by Crippen LogP contribution is -2.27. The number of anilines is 1. The Labute approximate surface area is 145 Å². The highest BCUT2D eigenvalue weighted by Crippen LogP contribution is 2.29. The van der Waals surface area contributed by atoms with E-state index in [2.05, 4.69) is 67.9 Å². The summed E-state index contributed by atoms with van der Waals surface area (Å²) in [5, 5.41) is 7.62. The molecule has 2 aromatic heterocycles. The van der Waals surface area contributed by atoms with Gasteiger partial charge in [0.2, 0.25) is 0 Å². The van der Waals surface area contributed by atoms with Crippen LogP contribution in [0.3, 0.4) is 0 Å². The van der Waals surface area contributed by atoms with Gasteiger partial charge in [-0.15, -0.1) is 0 Å². The van der Waals surface area contributed by atoms with Crippen LogP contribution in [0.25, 0.3) is 0 Å². The molecular formula is C17H24BrN3O2. The summed E-state index contributed by atoms with van der Waals surface area (Å²) in [6.07, 6.45) is 0. The predicted octanol–water partition coefficient (Wildman–Crippen LogP) is 4.85. The zero-order valence-corrected chi connectivity index (χ0v) is 16.3. The number of aromatic nitrogens is 2. The van der Waals surface area contributed by atoms with E-state index >= 15 is 0 Å². The number of carbonyl (C=O) groups is 1. The van der Waals surface area contributed by atoms with Gasteiger partial charge in [-0.1, -0.05) is 20.8 Å². The SMILES string of the molecule is Cc1cc(Br)oc1C(=O)Nc1cc(C(C)(C)C)nn1C(C)(C)C. The number of aryl methyl sites for hydroxylation is 1. The average molecular weight is 382 g/mol. The standard InChI is InChI=1S/C17H24BrN3O2/c1-10-8-12(18)23-14(10)15(22)19-13-9-11(16(2,3)4)20-21(13)17(5,6)7/h8-9H,1-7H3,(H,19,22). The molecule has 0 aliphatic carbocycles. The molecule has 6 heteroatoms. The Morgan fingerprint density at radius 2 is 1.83 bits per heavy atom. The summed E-state index contributed by atoms with van der Waals surface area (Å²) in [5.74, 6) is 0.689. The lowest BCUT2D eigenvalue weighted by molar-refractivity contribution is 0.0993. The van der Waals surface area contributed by atoms with E-state index in [0.717, 1.165) is 11.3 Å². The molecule has 0 atom stereocenters. The van der Waals surface area contributed by atoms with Gasteiger partial charge < -0.3 is 9.73 Å². The Balaban J connectivity index is 2.40. The van der Waals surface area contributed by atoms with E-state index in [-0.39, 0.29) is 16.9 Å². The molecule has 0 saturated carbocycles. The van der Waals surface area contributed by atoms with Crippen molar-refractivity contribution in [3.8, 4) is 0 Å². The van der Waals surface area contributed by atoms with Crippen LogP contribution in [-0.4, -0.2) is 15.7 Å². The summed E-state index contributed by atoms with van der Waals surface area (Å²) >= 11 is 3.25. The number of halogens is 1. The lowest BCUT2D eigenvalue weighted by atomic mass is 9.92. The molecule has 2 rings (SSSR count). The maximum absolute atomic E-state index is 12.5. The Morgan fingerprint density at radius 3 is 2.26 bits per heavy atom. The zero-order chi connectivity index (χ0) is 17.6. The number of rotatable bonds is 2. The maximum Gasteiger partial charge on any atom is 0.292 e. The second kappa shape index (κ2) is 5.82. The van der Waals surface area contributed by atoms with Crippen LogP contribution in [0.2, 0.25) is 0 Å². The van der Waals surface area contributed by atoms with Crippen molar-refractivity contribution in [2.75, 3.05) is 5.32 Å². The Bertz CT molecular complexity index is 730. The fourth-order valence-electron chi connectivity index (χ4n) is 2.19. The topological polar surface area (TPSA) is 60.1 Å². The van der Waals surface area contributed by atoms with Crippen molar-refractivity contribution in [2.45, 2.75) is 59.4 Å². The quantitative estimate of drug-likeness (QED) is 0.808. The van der Waals surface area contributed by atoms with Gasteiger partial charge in [-0.25, -0.2) is 4.68 Å². The Kier molecular flexibility index (Phi) is 4.50. The summed E-state index contributed by atoms with van der Waals surface area (Å²) in [6, 6.07) is 3.70. The van der Waals surface area contributed by atoms with Crippen LogP contribution in [0, 0.1) is 6.92 Å². The molecular weight excluding hydrogens is 358 g/mol. The molecule has 0 aliphatic heterocycles. The van der Waals surface area contributed by atoms with E-state index in [1.165, 1.54) is 0 Å². The molecule has 0 unspecified atom stereocenters. The van der Waals surface area contributed by atoms with Gasteiger partial charge in [-0.3, -0.25) is 4.79 Å². The third-order valence-electron chi connectivity index (χ3n) is 3.45. The monoisotopic (exact) mass is 381 g/mol. The van der Waals surface area contributed by atoms with Crippen molar-refractivity contribution in [2.24, 2.45) is 0 Å². The fourth-order valence-corrected chi connectivity index (χ4v) is 2.69. The molecule has 5 nitrogen and oxygen atoms in total. The van der Waals surface area contributed by atoms with E-state index in [4.69, 9.17) is 4.42 Å². The molecule has 2 aromatic rings. The first kappa shape index (κ1) is 17.8. The van der Waals surface area contributed by atoms with Crippen molar-refractivity contribution in [1.29, 1.82) is 0 Å². The van der Waals surface area contributed by atoms with E-state index in [1.807, 2.05) is 17.7 Å². The van der Waals surface area contributed by atoms with Crippen LogP contribution < -0.4 is 5.32 Å². The van der Waals surface area contributed by atoms with Gasteiger partial charge in [0.1, 0.15) is 5.82 Å². The van der Waals surface area contributed by atoms with Gasteiger partial charge in [0.05, 0.1) is 11.2 Å². The summed E-state index contributed by atoms with van der Waals surface area (Å²) in [4.78, 5) is 12.5. The summed E-state index contributed by atoms with van der Waals surface area (Å²) in [5.41, 5.74) is 1.37. The van der Waals surface area contributed by atoms with Crippen LogP contribution >= 0.6 is 15.9 Å². The van der Waals surface area contributed by atoms with Crippen LogP contribution in [0.5, 0.6) is 0 Å². The minimum absolute atomic E-state index is 0.0976. The third-order valence-corrected chi connectivity index (χ3v) is 3.84. The number of furan rings is 1. The minimum atomic E-state index is -0.279. The smallest absolute Gasteiger partial charge is 0.292 e. The van der Waals surface area contributed by atoms with E-state index in [9.17, 15) is 4.79 Å². The Morgan fingerprint density at radius 1 is 1.22 bits per heavy atom. The molecule has 0 bridgehead atoms. The molecule has 0 aliphatic rings. The predicted molar refractivity (Wildman–Crippen MR) is 95.0 cm³/mol. The number of carbonyl (C=O) groups excluding carboxylic acids is 1. The van der Waals surface area contributed by atoms with Gasteiger partial charge in [-0.2, -0.15) is 5.10 Å². The van der Waals surface area contributed by atoms with Crippen molar-refractivity contribution in [3.63, 3.8) is 0 Å². The van der Waals surface area contributed by atoms with Gasteiger partial charge in [0, 0.05) is 17.0 Å². The van der Waals surface area contributed by atoms with Crippen LogP contribution in [-0.2, 0) is 11.0 Å². The first-order valence-electron chi connectivity index (χ1n) is 7.58. The first-order chi connectivity index (χ1) is 10.4. The van der Waals surface area contributed by atoms with E-state index in [0.29, 0.717) is 16.2 Å². The van der Waals surface area contributed by atoms with E-state index < -0.39 is 0 Å². The number of hydrogen-bond acceptors (Lipinski definition) is 3. The number of amides is 1. The second-order valence-electron chi connectivity index (χ2n) is 7.76. The largest absolute Gasteiger partial charge is 0.444 e. The molecule has 0 saturated heterocycles.